The van der Waals surface area contributed by atoms with Gasteiger partial charge in [0.1, 0.15) is 17.7 Å². The van der Waals surface area contributed by atoms with Gasteiger partial charge in [0.05, 0.1) is 0 Å². The van der Waals surface area contributed by atoms with Crippen molar-refractivity contribution in [3.8, 4) is 0 Å². The number of rotatable bonds is 4. The lowest BCUT2D eigenvalue weighted by molar-refractivity contribution is -0.153. The Bertz CT molecular complexity index is 608. The van der Waals surface area contributed by atoms with Crippen molar-refractivity contribution in [3.63, 3.8) is 0 Å². The molecule has 1 amide bonds. The largest absolute Gasteiger partial charge is 0.461 e. The van der Waals surface area contributed by atoms with E-state index in [0.717, 1.165) is 32.1 Å². The molecule has 0 spiro atoms. The van der Waals surface area contributed by atoms with E-state index in [0.29, 0.717) is 12.3 Å². The molecule has 0 saturated carbocycles. The van der Waals surface area contributed by atoms with E-state index < -0.39 is 17.7 Å². The minimum Gasteiger partial charge on any atom is -0.461 e. The number of hydrogen-bond donors (Lipinski definition) is 1. The number of carbonyl (C=O) groups is 2. The van der Waals surface area contributed by atoms with E-state index >= 15 is 0 Å². The van der Waals surface area contributed by atoms with Crippen molar-refractivity contribution in [2.75, 3.05) is 0 Å². The number of hydrogen-bond acceptors (Lipinski definition) is 4. The van der Waals surface area contributed by atoms with Crippen LogP contribution in [-0.4, -0.2) is 29.8 Å². The van der Waals surface area contributed by atoms with Crippen LogP contribution in [0.2, 0.25) is 0 Å². The summed E-state index contributed by atoms with van der Waals surface area (Å²) in [7, 11) is 0. The smallest absolute Gasteiger partial charge is 0.408 e. The predicted octanol–water partition coefficient (Wildman–Crippen LogP) is 4.63. The van der Waals surface area contributed by atoms with Crippen molar-refractivity contribution >= 4 is 12.1 Å². The molecule has 1 fully saturated rings. The van der Waals surface area contributed by atoms with Crippen LogP contribution in [0.1, 0.15) is 65.4 Å². The van der Waals surface area contributed by atoms with Crippen molar-refractivity contribution in [2.24, 2.45) is 5.92 Å². The Morgan fingerprint density at radius 3 is 2.52 bits per heavy atom. The second-order valence-corrected chi connectivity index (χ2v) is 8.41. The Labute approximate surface area is 162 Å². The van der Waals surface area contributed by atoms with Gasteiger partial charge in [0.2, 0.25) is 0 Å². The number of amides is 1. The third-order valence-corrected chi connectivity index (χ3v) is 4.91. The molecule has 1 aliphatic heterocycles. The molecule has 27 heavy (non-hydrogen) atoms. The van der Waals surface area contributed by atoms with E-state index in [-0.39, 0.29) is 12.1 Å². The van der Waals surface area contributed by atoms with Gasteiger partial charge in [0.25, 0.3) is 0 Å². The molecule has 2 rings (SSSR count). The minimum absolute atomic E-state index is 0.165. The second kappa shape index (κ2) is 9.77. The maximum Gasteiger partial charge on any atom is 0.408 e. The summed E-state index contributed by atoms with van der Waals surface area (Å²) >= 11 is 0. The van der Waals surface area contributed by atoms with Gasteiger partial charge < -0.3 is 14.8 Å². The van der Waals surface area contributed by atoms with E-state index in [1.807, 2.05) is 13.0 Å². The highest BCUT2D eigenvalue weighted by molar-refractivity contribution is 5.81. The molecule has 0 unspecified atom stereocenters. The van der Waals surface area contributed by atoms with Gasteiger partial charge in [-0.15, -0.1) is 0 Å². The summed E-state index contributed by atoms with van der Waals surface area (Å²) < 4.78 is 11.0. The highest BCUT2D eigenvalue weighted by Gasteiger charge is 2.30. The number of esters is 1. The maximum atomic E-state index is 12.6. The van der Waals surface area contributed by atoms with E-state index in [4.69, 9.17) is 9.47 Å². The first-order valence-electron chi connectivity index (χ1n) is 9.98. The summed E-state index contributed by atoms with van der Waals surface area (Å²) in [5.41, 5.74) is 0.711. The zero-order chi connectivity index (χ0) is 19.9. The summed E-state index contributed by atoms with van der Waals surface area (Å²) in [6, 6.07) is 9.74. The molecule has 1 aromatic rings. The second-order valence-electron chi connectivity index (χ2n) is 8.41. The lowest BCUT2D eigenvalue weighted by atomic mass is 9.90. The topological polar surface area (TPSA) is 64.6 Å². The number of aryl methyl sites for hydroxylation is 1. The SMILES string of the molecule is C[C@@H]1OC(=O)[C@@H](NC(=O)OC(C)(C)C)CCCC[C@H]1CCc1ccccc1. The molecule has 3 atom stereocenters. The lowest BCUT2D eigenvalue weighted by Crippen LogP contribution is -2.45. The number of cyclic esters (lactones) is 1. The number of ether oxygens (including phenoxy) is 2. The number of nitrogens with one attached hydrogen (secondary N) is 1. The normalized spacial score (nSPS) is 24.1. The van der Waals surface area contributed by atoms with Crippen molar-refractivity contribution < 1.29 is 19.1 Å². The molecule has 0 aliphatic carbocycles. The quantitative estimate of drug-likeness (QED) is 0.779. The Morgan fingerprint density at radius 2 is 1.85 bits per heavy atom. The molecule has 5 nitrogen and oxygen atoms in total. The van der Waals surface area contributed by atoms with Crippen LogP contribution in [0.3, 0.4) is 0 Å². The van der Waals surface area contributed by atoms with Crippen LogP contribution in [-0.2, 0) is 20.7 Å². The summed E-state index contributed by atoms with van der Waals surface area (Å²) in [6.45, 7) is 7.36. The van der Waals surface area contributed by atoms with Crippen LogP contribution in [0, 0.1) is 5.92 Å². The fraction of sp³-hybridized carbons (Fsp3) is 0.636. The first-order valence-corrected chi connectivity index (χ1v) is 9.98. The molecule has 150 valence electrons. The third kappa shape index (κ3) is 7.61. The predicted molar refractivity (Wildman–Crippen MR) is 105 cm³/mol. The zero-order valence-electron chi connectivity index (χ0n) is 17.0. The van der Waals surface area contributed by atoms with E-state index in [2.05, 4.69) is 29.6 Å². The summed E-state index contributed by atoms with van der Waals surface area (Å²) in [4.78, 5) is 24.6. The van der Waals surface area contributed by atoms with Gasteiger partial charge in [-0.1, -0.05) is 43.2 Å². The van der Waals surface area contributed by atoms with Crippen LogP contribution in [0.5, 0.6) is 0 Å². The third-order valence-electron chi connectivity index (χ3n) is 4.91. The van der Waals surface area contributed by atoms with E-state index in [1.54, 1.807) is 20.8 Å². The van der Waals surface area contributed by atoms with Gasteiger partial charge in [0, 0.05) is 0 Å². The summed E-state index contributed by atoms with van der Waals surface area (Å²) in [5, 5.41) is 2.68. The van der Waals surface area contributed by atoms with Gasteiger partial charge in [-0.2, -0.15) is 0 Å². The van der Waals surface area contributed by atoms with Crippen LogP contribution in [0.25, 0.3) is 0 Å². The molecule has 1 aromatic carbocycles. The highest BCUT2D eigenvalue weighted by Crippen LogP contribution is 2.25. The van der Waals surface area contributed by atoms with Gasteiger partial charge in [-0.25, -0.2) is 9.59 Å². The van der Waals surface area contributed by atoms with E-state index in [9.17, 15) is 9.59 Å². The van der Waals surface area contributed by atoms with Crippen molar-refractivity contribution in [2.45, 2.75) is 84.0 Å². The lowest BCUT2D eigenvalue weighted by Gasteiger charge is -2.25. The van der Waals surface area contributed by atoms with Crippen molar-refractivity contribution in [1.29, 1.82) is 0 Å². The number of alkyl carbamates (subject to hydrolysis) is 1. The average Bonchev–Trinajstić information content (AvgIpc) is 2.64. The molecule has 1 aliphatic rings. The van der Waals surface area contributed by atoms with Crippen LogP contribution >= 0.6 is 0 Å². The highest BCUT2D eigenvalue weighted by atomic mass is 16.6. The molecule has 5 heteroatoms. The molecule has 0 aromatic heterocycles. The van der Waals surface area contributed by atoms with Crippen LogP contribution < -0.4 is 5.32 Å². The number of benzene rings is 1. The number of carbonyl (C=O) groups excluding carboxylic acids is 2. The Morgan fingerprint density at radius 1 is 1.19 bits per heavy atom. The van der Waals surface area contributed by atoms with Gasteiger partial charge in [-0.05, 0) is 64.9 Å². The molecular formula is C22H33NO4. The first-order chi connectivity index (χ1) is 12.7. The summed E-state index contributed by atoms with van der Waals surface area (Å²) in [5.74, 6) is -0.0330. The monoisotopic (exact) mass is 375 g/mol. The fourth-order valence-corrected chi connectivity index (χ4v) is 3.43. The average molecular weight is 376 g/mol. The van der Waals surface area contributed by atoms with Crippen molar-refractivity contribution in [3.05, 3.63) is 35.9 Å². The van der Waals surface area contributed by atoms with E-state index in [1.165, 1.54) is 5.56 Å². The summed E-state index contributed by atoms with van der Waals surface area (Å²) in [6.07, 6.45) is 4.74. The molecular weight excluding hydrogens is 342 g/mol. The van der Waals surface area contributed by atoms with Gasteiger partial charge in [-0.3, -0.25) is 0 Å². The fourth-order valence-electron chi connectivity index (χ4n) is 3.43. The van der Waals surface area contributed by atoms with Crippen LogP contribution in [0.15, 0.2) is 30.3 Å². The van der Waals surface area contributed by atoms with Crippen LogP contribution in [0.4, 0.5) is 4.79 Å². The minimum atomic E-state index is -0.643. The van der Waals surface area contributed by atoms with Gasteiger partial charge >= 0.3 is 12.1 Å². The standard InChI is InChI=1S/C22H33NO4/c1-16-18(15-14-17-10-6-5-7-11-17)12-8-9-13-19(20(24)26-16)23-21(25)27-22(2,3)4/h5-7,10-11,16,18-19H,8-9,12-15H2,1-4H3,(H,23,25)/t16-,18-,19-/m0/s1. The Balaban J connectivity index is 1.92. The first kappa shape index (κ1) is 21.3. The molecule has 0 radical (unpaired) electrons. The molecule has 0 bridgehead atoms. The Hall–Kier alpha value is -2.04. The van der Waals surface area contributed by atoms with Crippen molar-refractivity contribution in [1.82, 2.24) is 5.32 Å². The van der Waals surface area contributed by atoms with Gasteiger partial charge in [0.15, 0.2) is 0 Å². The Kier molecular flexibility index (Phi) is 7.69. The molecule has 1 saturated heterocycles. The zero-order valence-corrected chi connectivity index (χ0v) is 17.0. The molecule has 1 heterocycles. The molecule has 1 N–H and O–H groups in total. The maximum absolute atomic E-state index is 12.6.